The van der Waals surface area contributed by atoms with Crippen LogP contribution in [0.3, 0.4) is 0 Å². The molecule has 18 heavy (non-hydrogen) atoms. The summed E-state index contributed by atoms with van der Waals surface area (Å²) in [6, 6.07) is 12.4. The van der Waals surface area contributed by atoms with Crippen LogP contribution < -0.4 is 10.2 Å². The quantitative estimate of drug-likeness (QED) is 0.828. The largest absolute Gasteiger partial charge is 0.497 e. The molecule has 0 unspecified atom stereocenters. The van der Waals surface area contributed by atoms with Crippen molar-refractivity contribution in [3.05, 3.63) is 47.5 Å². The van der Waals surface area contributed by atoms with E-state index in [1.54, 1.807) is 24.3 Å². The van der Waals surface area contributed by atoms with E-state index in [0.717, 1.165) is 5.56 Å². The average Bonchev–Trinajstić information content (AvgIpc) is 2.38. The summed E-state index contributed by atoms with van der Waals surface area (Å²) in [5.41, 5.74) is 1.80. The lowest BCUT2D eigenvalue weighted by Gasteiger charge is -2.12. The van der Waals surface area contributed by atoms with E-state index in [2.05, 4.69) is 0 Å². The van der Waals surface area contributed by atoms with E-state index in [0.29, 0.717) is 21.8 Å². The van der Waals surface area contributed by atoms with Gasteiger partial charge in [0, 0.05) is 5.02 Å². The van der Waals surface area contributed by atoms with E-state index in [1.165, 1.54) is 7.11 Å². The Morgan fingerprint density at radius 2 is 1.78 bits per heavy atom. The zero-order chi connectivity index (χ0) is 13.1. The summed E-state index contributed by atoms with van der Waals surface area (Å²) < 4.78 is 5.07. The van der Waals surface area contributed by atoms with Gasteiger partial charge in [-0.1, -0.05) is 35.9 Å². The van der Waals surface area contributed by atoms with Crippen molar-refractivity contribution in [2.24, 2.45) is 0 Å². The lowest BCUT2D eigenvalue weighted by Crippen LogP contribution is -2.31. The topological polar surface area (TPSA) is 49.7 Å². The molecule has 0 aliphatic rings. The highest BCUT2D eigenvalue weighted by atomic mass is 35.5. The Morgan fingerprint density at radius 3 is 2.39 bits per heavy atom. The van der Waals surface area contributed by atoms with Crippen molar-refractivity contribution >= 4 is 24.2 Å². The third kappa shape index (κ3) is 2.51. The Labute approximate surface area is 111 Å². The van der Waals surface area contributed by atoms with E-state index in [1.807, 2.05) is 18.2 Å². The molecule has 0 amide bonds. The summed E-state index contributed by atoms with van der Waals surface area (Å²) in [5, 5.41) is 19.4. The smallest absolute Gasteiger partial charge is 0.489 e. The van der Waals surface area contributed by atoms with Gasteiger partial charge in [-0.25, -0.2) is 0 Å². The highest BCUT2D eigenvalue weighted by Crippen LogP contribution is 2.27. The lowest BCUT2D eigenvalue weighted by molar-refractivity contribution is 0.412. The maximum absolute atomic E-state index is 9.43. The first-order valence-corrected chi connectivity index (χ1v) is 5.80. The van der Waals surface area contributed by atoms with Gasteiger partial charge in [0.15, 0.2) is 0 Å². The van der Waals surface area contributed by atoms with Crippen molar-refractivity contribution in [2.45, 2.75) is 0 Å². The minimum absolute atomic E-state index is 0.363. The summed E-state index contributed by atoms with van der Waals surface area (Å²) in [6.07, 6.45) is 0. The van der Waals surface area contributed by atoms with Gasteiger partial charge in [0.2, 0.25) is 0 Å². The van der Waals surface area contributed by atoms with E-state index in [4.69, 9.17) is 16.3 Å². The first kappa shape index (κ1) is 13.0. The van der Waals surface area contributed by atoms with Gasteiger partial charge >= 0.3 is 7.12 Å². The number of rotatable bonds is 3. The van der Waals surface area contributed by atoms with Gasteiger partial charge in [-0.3, -0.25) is 0 Å². The Hall–Kier alpha value is -1.49. The predicted molar refractivity (Wildman–Crippen MR) is 73.3 cm³/mol. The Morgan fingerprint density at radius 1 is 1.06 bits per heavy atom. The molecular weight excluding hydrogens is 250 g/mol. The molecule has 0 saturated heterocycles. The van der Waals surface area contributed by atoms with Crippen LogP contribution in [-0.4, -0.2) is 24.3 Å². The minimum atomic E-state index is -1.58. The second-order valence-corrected chi connectivity index (χ2v) is 4.21. The molecule has 5 heteroatoms. The van der Waals surface area contributed by atoms with Crippen LogP contribution in [-0.2, 0) is 0 Å². The average molecular weight is 263 g/mol. The molecule has 92 valence electrons. The number of halogens is 1. The number of methoxy groups -OCH3 is 1. The highest BCUT2D eigenvalue weighted by Gasteiger charge is 2.19. The molecule has 2 aromatic rings. The van der Waals surface area contributed by atoms with E-state index in [-0.39, 0.29) is 0 Å². The molecule has 0 saturated carbocycles. The van der Waals surface area contributed by atoms with Crippen LogP contribution in [0.4, 0.5) is 0 Å². The van der Waals surface area contributed by atoms with Crippen molar-refractivity contribution in [2.75, 3.05) is 7.11 Å². The monoisotopic (exact) mass is 262 g/mol. The van der Waals surface area contributed by atoms with Gasteiger partial charge in [0.25, 0.3) is 0 Å². The maximum atomic E-state index is 9.43. The number of benzene rings is 2. The van der Waals surface area contributed by atoms with E-state index < -0.39 is 7.12 Å². The third-order valence-electron chi connectivity index (χ3n) is 2.70. The van der Waals surface area contributed by atoms with Crippen molar-refractivity contribution in [1.82, 2.24) is 0 Å². The Balaban J connectivity index is 2.60. The SMILES string of the molecule is COc1ccc(-c2ccccc2Cl)c(B(O)O)c1. The molecule has 2 rings (SSSR count). The normalized spacial score (nSPS) is 10.2. The van der Waals surface area contributed by atoms with Crippen molar-refractivity contribution in [3.8, 4) is 16.9 Å². The molecule has 0 fully saturated rings. The number of ether oxygens (including phenoxy) is 1. The lowest BCUT2D eigenvalue weighted by atomic mass is 9.75. The zero-order valence-corrected chi connectivity index (χ0v) is 10.6. The summed E-state index contributed by atoms with van der Waals surface area (Å²) in [6.45, 7) is 0. The van der Waals surface area contributed by atoms with E-state index >= 15 is 0 Å². The summed E-state index contributed by atoms with van der Waals surface area (Å²) in [7, 11) is -0.0516. The van der Waals surface area contributed by atoms with Crippen LogP contribution >= 0.6 is 11.6 Å². The molecule has 2 aromatic carbocycles. The molecule has 0 heterocycles. The molecule has 0 radical (unpaired) electrons. The van der Waals surface area contributed by atoms with Gasteiger partial charge in [-0.05, 0) is 34.8 Å². The van der Waals surface area contributed by atoms with Gasteiger partial charge in [-0.15, -0.1) is 0 Å². The van der Waals surface area contributed by atoms with Crippen molar-refractivity contribution in [1.29, 1.82) is 0 Å². The number of hydrogen-bond donors (Lipinski definition) is 2. The number of hydrogen-bond acceptors (Lipinski definition) is 3. The molecule has 0 atom stereocenters. The maximum Gasteiger partial charge on any atom is 0.489 e. The van der Waals surface area contributed by atoms with Crippen LogP contribution in [0.25, 0.3) is 11.1 Å². The van der Waals surface area contributed by atoms with Gasteiger partial charge in [0.1, 0.15) is 5.75 Å². The summed E-state index contributed by atoms with van der Waals surface area (Å²) >= 11 is 6.11. The van der Waals surface area contributed by atoms with Crippen LogP contribution in [0.15, 0.2) is 42.5 Å². The highest BCUT2D eigenvalue weighted by molar-refractivity contribution is 6.60. The van der Waals surface area contributed by atoms with Gasteiger partial charge < -0.3 is 14.8 Å². The third-order valence-corrected chi connectivity index (χ3v) is 3.03. The fourth-order valence-corrected chi connectivity index (χ4v) is 2.04. The van der Waals surface area contributed by atoms with Crippen LogP contribution in [0.5, 0.6) is 5.75 Å². The first-order valence-electron chi connectivity index (χ1n) is 5.42. The molecule has 2 N–H and O–H groups in total. The van der Waals surface area contributed by atoms with Crippen LogP contribution in [0.1, 0.15) is 0 Å². The molecule has 0 aliphatic heterocycles. The van der Waals surface area contributed by atoms with Crippen molar-refractivity contribution < 1.29 is 14.8 Å². The zero-order valence-electron chi connectivity index (χ0n) is 9.80. The molecule has 0 aliphatic carbocycles. The fourth-order valence-electron chi connectivity index (χ4n) is 1.81. The minimum Gasteiger partial charge on any atom is -0.497 e. The standard InChI is InChI=1S/C13H12BClO3/c1-18-9-6-7-10(12(8-9)14(16)17)11-4-2-3-5-13(11)15/h2-8,16-17H,1H3. The molecule has 0 bridgehead atoms. The van der Waals surface area contributed by atoms with Crippen molar-refractivity contribution in [3.63, 3.8) is 0 Å². The second-order valence-electron chi connectivity index (χ2n) is 3.81. The molecule has 0 aromatic heterocycles. The van der Waals surface area contributed by atoms with E-state index in [9.17, 15) is 10.0 Å². The van der Waals surface area contributed by atoms with Crippen LogP contribution in [0.2, 0.25) is 5.02 Å². The fraction of sp³-hybridized carbons (Fsp3) is 0.0769. The molecular formula is C13H12BClO3. The van der Waals surface area contributed by atoms with Crippen LogP contribution in [0, 0.1) is 0 Å². The second kappa shape index (κ2) is 5.44. The summed E-state index contributed by atoms with van der Waals surface area (Å²) in [4.78, 5) is 0. The predicted octanol–water partition coefficient (Wildman–Crippen LogP) is 1.70. The molecule has 0 spiro atoms. The first-order chi connectivity index (χ1) is 8.63. The van der Waals surface area contributed by atoms with Gasteiger partial charge in [-0.2, -0.15) is 0 Å². The molecule has 3 nitrogen and oxygen atoms in total. The Kier molecular flexibility index (Phi) is 3.92. The van der Waals surface area contributed by atoms with Gasteiger partial charge in [0.05, 0.1) is 7.11 Å². The Bertz CT molecular complexity index is 558. The summed E-state index contributed by atoms with van der Waals surface area (Å²) in [5.74, 6) is 0.564.